The maximum Gasteiger partial charge on any atom is 0.348 e. The van der Waals surface area contributed by atoms with E-state index in [1.54, 1.807) is 35.2 Å². The number of carbonyl (C=O) groups is 3. The second kappa shape index (κ2) is 11.3. The summed E-state index contributed by atoms with van der Waals surface area (Å²) in [6.07, 6.45) is 0.0816. The molecule has 0 aliphatic heterocycles. The topological polar surface area (TPSA) is 99.6 Å². The second-order valence-electron chi connectivity index (χ2n) is 8.83. The number of carboxylic acid groups (broad SMARTS) is 1. The molecule has 0 spiro atoms. The van der Waals surface area contributed by atoms with Crippen LogP contribution in [0.3, 0.4) is 0 Å². The van der Waals surface area contributed by atoms with Crippen molar-refractivity contribution in [1.82, 2.24) is 4.98 Å². The molecule has 0 bridgehead atoms. The number of carboxylic acids is 1. The van der Waals surface area contributed by atoms with Crippen LogP contribution < -0.4 is 10.2 Å². The van der Waals surface area contributed by atoms with Crippen molar-refractivity contribution in [1.29, 1.82) is 0 Å². The molecule has 2 heterocycles. The molecule has 2 N–H and O–H groups in total. The predicted molar refractivity (Wildman–Crippen MR) is 136 cm³/mol. The Morgan fingerprint density at radius 2 is 1.86 bits per heavy atom. The molecule has 11 heteroatoms. The van der Waals surface area contributed by atoms with Crippen molar-refractivity contribution in [3.8, 4) is 10.4 Å². The average Bonchev–Trinajstić information content (AvgIpc) is 3.54. The van der Waals surface area contributed by atoms with Gasteiger partial charge in [0.15, 0.2) is 0 Å². The molecule has 1 saturated carbocycles. The Bertz CT molecular complexity index is 1220. The van der Waals surface area contributed by atoms with E-state index in [4.69, 9.17) is 0 Å². The molecule has 0 atom stereocenters. The number of thiazole rings is 1. The molecule has 2 amide bonds. The first-order valence-electron chi connectivity index (χ1n) is 11.5. The number of halogens is 2. The Balaban J connectivity index is 1.60. The van der Waals surface area contributed by atoms with Crippen LogP contribution in [0, 0.1) is 11.8 Å². The number of hydrogen-bond donors (Lipinski definition) is 2. The molecule has 0 saturated heterocycles. The van der Waals surface area contributed by atoms with Crippen molar-refractivity contribution in [2.45, 2.75) is 39.0 Å². The van der Waals surface area contributed by atoms with E-state index >= 15 is 0 Å². The lowest BCUT2D eigenvalue weighted by Gasteiger charge is -2.31. The summed E-state index contributed by atoms with van der Waals surface area (Å²) in [6.45, 7) is 1.24. The third-order valence-electron chi connectivity index (χ3n) is 6.24. The van der Waals surface area contributed by atoms with E-state index in [-0.39, 0.29) is 16.5 Å². The van der Waals surface area contributed by atoms with Crippen molar-refractivity contribution < 1.29 is 28.3 Å². The van der Waals surface area contributed by atoms with Gasteiger partial charge in [0.25, 0.3) is 12.3 Å². The van der Waals surface area contributed by atoms with Gasteiger partial charge in [-0.15, -0.1) is 22.7 Å². The highest BCUT2D eigenvalue weighted by Crippen LogP contribution is 2.39. The molecule has 4 rings (SSSR count). The lowest BCUT2D eigenvalue weighted by Crippen LogP contribution is -2.41. The molecule has 3 aromatic rings. The Morgan fingerprint density at radius 3 is 2.44 bits per heavy atom. The van der Waals surface area contributed by atoms with Crippen LogP contribution >= 0.6 is 22.7 Å². The van der Waals surface area contributed by atoms with E-state index < -0.39 is 30.8 Å². The third kappa shape index (κ3) is 5.96. The molecule has 0 radical (unpaired) electrons. The maximum absolute atomic E-state index is 13.5. The molecule has 190 valence electrons. The molecule has 1 fully saturated rings. The van der Waals surface area contributed by atoms with E-state index in [0.29, 0.717) is 40.6 Å². The van der Waals surface area contributed by atoms with E-state index in [9.17, 15) is 28.3 Å². The van der Waals surface area contributed by atoms with Crippen LogP contribution in [0.15, 0.2) is 41.2 Å². The molecule has 1 aliphatic carbocycles. The van der Waals surface area contributed by atoms with E-state index in [2.05, 4.69) is 17.2 Å². The highest BCUT2D eigenvalue weighted by Gasteiger charge is 2.33. The van der Waals surface area contributed by atoms with Gasteiger partial charge in [0, 0.05) is 21.9 Å². The van der Waals surface area contributed by atoms with Gasteiger partial charge in [0.05, 0.1) is 17.7 Å². The first kappa shape index (κ1) is 25.9. The molecule has 0 unspecified atom stereocenters. The lowest BCUT2D eigenvalue weighted by molar-refractivity contribution is -0.124. The number of thiophene rings is 1. The quantitative estimate of drug-likeness (QED) is 0.357. The highest BCUT2D eigenvalue weighted by molar-refractivity contribution is 7.18. The smallest absolute Gasteiger partial charge is 0.348 e. The fraction of sp³-hybridized carbons (Fsp3) is 0.360. The summed E-state index contributed by atoms with van der Waals surface area (Å²) in [4.78, 5) is 42.8. The van der Waals surface area contributed by atoms with Crippen LogP contribution in [0.25, 0.3) is 10.4 Å². The largest absolute Gasteiger partial charge is 0.477 e. The zero-order chi connectivity index (χ0) is 25.8. The van der Waals surface area contributed by atoms with Gasteiger partial charge >= 0.3 is 5.97 Å². The summed E-state index contributed by atoms with van der Waals surface area (Å²) in [5.41, 5.74) is 3.01. The van der Waals surface area contributed by atoms with Crippen LogP contribution in [-0.2, 0) is 4.79 Å². The fourth-order valence-corrected chi connectivity index (χ4v) is 5.82. The summed E-state index contributed by atoms with van der Waals surface area (Å²) in [5.74, 6) is -2.00. The third-order valence-corrected chi connectivity index (χ3v) is 7.99. The highest BCUT2D eigenvalue weighted by atomic mass is 32.1. The van der Waals surface area contributed by atoms with E-state index in [0.717, 1.165) is 29.1 Å². The number of benzene rings is 1. The Hall–Kier alpha value is -3.18. The minimum atomic E-state index is -2.80. The van der Waals surface area contributed by atoms with E-state index in [1.165, 1.54) is 17.4 Å². The number of hydrogen-bond acceptors (Lipinski definition) is 6. The first-order chi connectivity index (χ1) is 17.2. The molecule has 2 aromatic heterocycles. The van der Waals surface area contributed by atoms with Crippen molar-refractivity contribution >= 4 is 51.8 Å². The predicted octanol–water partition coefficient (Wildman–Crippen LogP) is 6.25. The van der Waals surface area contributed by atoms with Gasteiger partial charge in [-0.05, 0) is 55.4 Å². The van der Waals surface area contributed by atoms with Gasteiger partial charge < -0.3 is 15.3 Å². The molecule has 7 nitrogen and oxygen atoms in total. The van der Waals surface area contributed by atoms with Crippen molar-refractivity contribution in [3.05, 3.63) is 51.8 Å². The summed E-state index contributed by atoms with van der Waals surface area (Å²) >= 11 is 2.23. The number of anilines is 2. The zero-order valence-corrected chi connectivity index (χ0v) is 21.1. The van der Waals surface area contributed by atoms with Gasteiger partial charge in [0.2, 0.25) is 5.91 Å². The van der Waals surface area contributed by atoms with E-state index in [1.807, 2.05) is 0 Å². The van der Waals surface area contributed by atoms with Crippen molar-refractivity contribution in [2.75, 3.05) is 16.8 Å². The SMILES string of the molecule is C[C@H]1CC[C@H](C(=O)N(CC(F)F)c2cc(-c3ccc(NC(=O)c4cscn4)cc3)sc2C(=O)O)CC1. The number of amides is 2. The number of nitrogens with one attached hydrogen (secondary N) is 1. The van der Waals surface area contributed by atoms with Crippen LogP contribution in [0.1, 0.15) is 52.8 Å². The minimum absolute atomic E-state index is 0.00710. The molecule has 1 aliphatic rings. The van der Waals surface area contributed by atoms with Crippen LogP contribution in [0.2, 0.25) is 0 Å². The standard InChI is InChI=1S/C25H25F2N3O4S2/c1-14-2-4-16(5-3-14)24(32)30(11-21(26)27)19-10-20(36-22(19)25(33)34)15-6-8-17(9-7-15)29-23(31)18-12-35-13-28-18/h6-10,12-14,16,21H,2-5,11H2,1H3,(H,29,31)(H,33,34)/t14-,16-. The number of nitrogens with zero attached hydrogens (tertiary/aromatic N) is 2. The molecule has 36 heavy (non-hydrogen) atoms. The van der Waals surface area contributed by atoms with Crippen LogP contribution in [-0.4, -0.2) is 40.8 Å². The molecular formula is C25H25F2N3O4S2. The Kier molecular flexibility index (Phi) is 8.10. The second-order valence-corrected chi connectivity index (χ2v) is 10.6. The number of aromatic carboxylic acids is 1. The van der Waals surface area contributed by atoms with Crippen LogP contribution in [0.4, 0.5) is 20.2 Å². The minimum Gasteiger partial charge on any atom is -0.477 e. The first-order valence-corrected chi connectivity index (χ1v) is 13.3. The van der Waals surface area contributed by atoms with Crippen molar-refractivity contribution in [3.63, 3.8) is 0 Å². The monoisotopic (exact) mass is 533 g/mol. The van der Waals surface area contributed by atoms with Gasteiger partial charge in [-0.3, -0.25) is 9.59 Å². The Morgan fingerprint density at radius 1 is 1.17 bits per heavy atom. The van der Waals surface area contributed by atoms with Gasteiger partial charge in [0.1, 0.15) is 10.6 Å². The number of rotatable bonds is 8. The fourth-order valence-electron chi connectivity index (χ4n) is 4.29. The molecule has 1 aromatic carbocycles. The summed E-state index contributed by atoms with van der Waals surface area (Å²) in [7, 11) is 0. The number of aromatic nitrogens is 1. The zero-order valence-electron chi connectivity index (χ0n) is 19.4. The van der Waals surface area contributed by atoms with Gasteiger partial charge in [-0.2, -0.15) is 0 Å². The van der Waals surface area contributed by atoms with Crippen LogP contribution in [0.5, 0.6) is 0 Å². The average molecular weight is 534 g/mol. The number of alkyl halides is 2. The van der Waals surface area contributed by atoms with Gasteiger partial charge in [-0.25, -0.2) is 18.6 Å². The lowest BCUT2D eigenvalue weighted by atomic mass is 9.82. The number of carbonyl (C=O) groups excluding carboxylic acids is 2. The summed E-state index contributed by atoms with van der Waals surface area (Å²) < 4.78 is 27.0. The van der Waals surface area contributed by atoms with Crippen molar-refractivity contribution in [2.24, 2.45) is 11.8 Å². The van der Waals surface area contributed by atoms with Gasteiger partial charge in [-0.1, -0.05) is 19.1 Å². The normalized spacial score (nSPS) is 17.7. The molecular weight excluding hydrogens is 508 g/mol. The summed E-state index contributed by atoms with van der Waals surface area (Å²) in [5, 5.41) is 14.2. The maximum atomic E-state index is 13.5. The summed E-state index contributed by atoms with van der Waals surface area (Å²) in [6, 6.07) is 8.19. The Labute approximate surface area is 214 Å².